The maximum Gasteiger partial charge on any atom is 0.337 e. The van der Waals surface area contributed by atoms with Crippen LogP contribution in [0, 0.1) is 11.3 Å². The Balaban J connectivity index is 1.54. The van der Waals surface area contributed by atoms with Crippen LogP contribution >= 0.6 is 11.3 Å². The lowest BCUT2D eigenvalue weighted by Gasteiger charge is -2.23. The van der Waals surface area contributed by atoms with Crippen LogP contribution in [0.15, 0.2) is 82.2 Å². The second kappa shape index (κ2) is 14.6. The van der Waals surface area contributed by atoms with Crippen LogP contribution in [0.4, 0.5) is 0 Å². The van der Waals surface area contributed by atoms with Gasteiger partial charge in [-0.1, -0.05) is 41.7 Å². The molecule has 0 radical (unpaired) electrons. The highest BCUT2D eigenvalue weighted by molar-refractivity contribution is 7.07. The molecule has 0 spiro atoms. The number of aromatic nitrogens is 1. The van der Waals surface area contributed by atoms with Gasteiger partial charge < -0.3 is 23.7 Å². The van der Waals surface area contributed by atoms with Crippen molar-refractivity contribution in [1.82, 2.24) is 4.57 Å². The van der Waals surface area contributed by atoms with E-state index in [1.165, 1.54) is 29.2 Å². The molecule has 46 heavy (non-hydrogen) atoms. The molecule has 1 aliphatic rings. The first-order chi connectivity index (χ1) is 22.4. The van der Waals surface area contributed by atoms with Crippen LogP contribution < -0.4 is 33.8 Å². The van der Waals surface area contributed by atoms with Crippen molar-refractivity contribution in [2.45, 2.75) is 33.4 Å². The third-order valence-electron chi connectivity index (χ3n) is 7.09. The summed E-state index contributed by atoms with van der Waals surface area (Å²) >= 11 is 1.21. The number of methoxy groups -OCH3 is 1. The van der Waals surface area contributed by atoms with Gasteiger partial charge in [0, 0.05) is 11.8 Å². The van der Waals surface area contributed by atoms with Crippen LogP contribution in [0.3, 0.4) is 0 Å². The largest absolute Gasteiger partial charge is 0.490 e. The van der Waals surface area contributed by atoms with Gasteiger partial charge in [-0.05, 0) is 68.3 Å². The molecule has 0 N–H and O–H groups in total. The van der Waals surface area contributed by atoms with Crippen LogP contribution in [0.5, 0.6) is 23.0 Å². The zero-order chi connectivity index (χ0) is 32.6. The molecule has 11 heteroatoms. The van der Waals surface area contributed by atoms with Crippen molar-refractivity contribution in [1.29, 1.82) is 5.26 Å². The maximum atomic E-state index is 14.0. The Morgan fingerprint density at radius 3 is 2.33 bits per heavy atom. The highest BCUT2D eigenvalue weighted by Crippen LogP contribution is 2.35. The van der Waals surface area contributed by atoms with E-state index in [-0.39, 0.29) is 17.7 Å². The topological polar surface area (TPSA) is 121 Å². The van der Waals surface area contributed by atoms with Crippen LogP contribution in [0.25, 0.3) is 6.08 Å². The predicted molar refractivity (Wildman–Crippen MR) is 173 cm³/mol. The van der Waals surface area contributed by atoms with Crippen molar-refractivity contribution >= 4 is 23.4 Å². The Labute approximate surface area is 270 Å². The van der Waals surface area contributed by atoms with Crippen molar-refractivity contribution in [2.75, 3.05) is 26.9 Å². The number of fused-ring (bicyclic) bond motifs is 1. The molecular weight excluding hydrogens is 606 g/mol. The van der Waals surface area contributed by atoms with E-state index in [9.17, 15) is 14.9 Å². The summed E-state index contributed by atoms with van der Waals surface area (Å²) in [7, 11) is 1.29. The number of thiazole rings is 1. The Hall–Kier alpha value is -5.34. The van der Waals surface area contributed by atoms with Gasteiger partial charge in [-0.15, -0.1) is 0 Å². The molecule has 0 unspecified atom stereocenters. The molecule has 1 atom stereocenters. The van der Waals surface area contributed by atoms with E-state index < -0.39 is 12.0 Å². The molecule has 10 nitrogen and oxygen atoms in total. The number of nitrogens with zero attached hydrogens (tertiary/aromatic N) is 3. The lowest BCUT2D eigenvalue weighted by atomic mass is 9.97. The Kier molecular flexibility index (Phi) is 10.2. The lowest BCUT2D eigenvalue weighted by Crippen LogP contribution is -2.39. The molecule has 0 fully saturated rings. The Bertz CT molecular complexity index is 2010. The quantitative estimate of drug-likeness (QED) is 0.205. The number of ether oxygens (including phenoxy) is 5. The van der Waals surface area contributed by atoms with Gasteiger partial charge >= 0.3 is 5.97 Å². The van der Waals surface area contributed by atoms with E-state index >= 15 is 0 Å². The summed E-state index contributed by atoms with van der Waals surface area (Å²) in [5, 5.41) is 9.41. The van der Waals surface area contributed by atoms with E-state index in [1.54, 1.807) is 48.5 Å². The standard InChI is InChI=1S/C35H33N3O7S/c1-5-42-27-15-13-23(18-30(27)44-7-3)32-26(34(40)41-4)20-37-35-38(32)33(39)31(46-35)17-22-12-14-28(29(16-22)43-6-2)45-21-25-11-9-8-10-24(25)19-36/h8-18,20,32H,5-7,21H2,1-4H3/b31-17-/t32-/m1/s1. The van der Waals surface area contributed by atoms with Crippen LogP contribution in [-0.4, -0.2) is 37.5 Å². The number of hydrogen-bond donors (Lipinski definition) is 0. The van der Waals surface area contributed by atoms with E-state index in [0.717, 1.165) is 5.56 Å². The highest BCUT2D eigenvalue weighted by atomic mass is 32.1. The molecule has 4 aromatic rings. The number of nitriles is 1. The molecule has 1 aliphatic heterocycles. The average molecular weight is 640 g/mol. The first-order valence-electron chi connectivity index (χ1n) is 14.8. The van der Waals surface area contributed by atoms with Gasteiger partial charge in [0.15, 0.2) is 27.8 Å². The first kappa shape index (κ1) is 32.1. The molecule has 1 aromatic heterocycles. The monoisotopic (exact) mass is 639 g/mol. The smallest absolute Gasteiger partial charge is 0.337 e. The summed E-state index contributed by atoms with van der Waals surface area (Å²) in [5.41, 5.74) is 2.55. The maximum absolute atomic E-state index is 14.0. The van der Waals surface area contributed by atoms with Gasteiger partial charge in [-0.2, -0.15) is 5.26 Å². The van der Waals surface area contributed by atoms with E-state index in [4.69, 9.17) is 23.7 Å². The summed E-state index contributed by atoms with van der Waals surface area (Å²) in [6.07, 6.45) is 3.20. The molecule has 0 aliphatic carbocycles. The van der Waals surface area contributed by atoms with E-state index in [2.05, 4.69) is 11.1 Å². The average Bonchev–Trinajstić information content (AvgIpc) is 3.39. The highest BCUT2D eigenvalue weighted by Gasteiger charge is 2.31. The van der Waals surface area contributed by atoms with E-state index in [1.807, 2.05) is 39.0 Å². The predicted octanol–water partition coefficient (Wildman–Crippen LogP) is 4.66. The number of esters is 1. The fourth-order valence-corrected chi connectivity index (χ4v) is 6.02. The van der Waals surface area contributed by atoms with Gasteiger partial charge in [-0.3, -0.25) is 9.36 Å². The fourth-order valence-electron chi connectivity index (χ4n) is 5.05. The lowest BCUT2D eigenvalue weighted by molar-refractivity contribution is -0.136. The first-order valence-corrected chi connectivity index (χ1v) is 15.6. The summed E-state index contributed by atoms with van der Waals surface area (Å²) in [6.45, 7) is 7.08. The van der Waals surface area contributed by atoms with Crippen LogP contribution in [-0.2, 0) is 16.1 Å². The van der Waals surface area contributed by atoms with Crippen molar-refractivity contribution in [3.8, 4) is 29.1 Å². The minimum Gasteiger partial charge on any atom is -0.490 e. The van der Waals surface area contributed by atoms with Gasteiger partial charge in [0.1, 0.15) is 6.61 Å². The van der Waals surface area contributed by atoms with Crippen LogP contribution in [0.1, 0.15) is 49.1 Å². The summed E-state index contributed by atoms with van der Waals surface area (Å²) in [6, 6.07) is 19.4. The molecular formula is C35H33N3O7S. The number of carbonyl (C=O) groups is 1. The molecule has 2 heterocycles. The number of rotatable bonds is 12. The van der Waals surface area contributed by atoms with Gasteiger partial charge in [0.2, 0.25) is 0 Å². The minimum atomic E-state index is -0.799. The molecule has 3 aromatic carbocycles. The van der Waals surface area contributed by atoms with Gasteiger partial charge in [-0.25, -0.2) is 9.79 Å². The molecule has 0 bridgehead atoms. The minimum absolute atomic E-state index is 0.195. The zero-order valence-electron chi connectivity index (χ0n) is 25.9. The summed E-state index contributed by atoms with van der Waals surface area (Å²) in [4.78, 5) is 31.8. The summed E-state index contributed by atoms with van der Waals surface area (Å²) in [5.74, 6) is 1.49. The van der Waals surface area contributed by atoms with Crippen LogP contribution in [0.2, 0.25) is 0 Å². The molecule has 0 saturated carbocycles. The van der Waals surface area contributed by atoms with E-state index in [0.29, 0.717) is 68.8 Å². The van der Waals surface area contributed by atoms with Crippen molar-refractivity contribution < 1.29 is 28.5 Å². The number of hydrogen-bond acceptors (Lipinski definition) is 10. The van der Waals surface area contributed by atoms with Crippen molar-refractivity contribution in [3.63, 3.8) is 0 Å². The van der Waals surface area contributed by atoms with Crippen molar-refractivity contribution in [3.05, 3.63) is 114 Å². The summed E-state index contributed by atoms with van der Waals surface area (Å²) < 4.78 is 30.4. The third kappa shape index (κ3) is 6.67. The third-order valence-corrected chi connectivity index (χ3v) is 8.09. The second-order valence-electron chi connectivity index (χ2n) is 9.95. The Morgan fingerprint density at radius 2 is 1.61 bits per heavy atom. The number of carbonyl (C=O) groups excluding carboxylic acids is 1. The molecule has 0 amide bonds. The number of benzene rings is 3. The van der Waals surface area contributed by atoms with Gasteiger partial charge in [0.25, 0.3) is 5.56 Å². The zero-order valence-corrected chi connectivity index (χ0v) is 26.8. The SMILES string of the molecule is CCOc1ccc([C@@H]2C(C(=O)OC)=CN=c3s/c(=C\c4ccc(OCc5ccccc5C#N)c(OCC)c4)c(=O)n32)cc1OCC. The second-order valence-corrected chi connectivity index (χ2v) is 11.0. The Morgan fingerprint density at radius 1 is 0.935 bits per heavy atom. The molecule has 5 rings (SSSR count). The van der Waals surface area contributed by atoms with Gasteiger partial charge in [0.05, 0.1) is 54.7 Å². The fraction of sp³-hybridized carbons (Fsp3) is 0.257. The normalized spacial score (nSPS) is 13.9. The van der Waals surface area contributed by atoms with Crippen molar-refractivity contribution in [2.24, 2.45) is 4.99 Å². The molecule has 0 saturated heterocycles. The molecule has 236 valence electrons.